The number of hydrogen-bond acceptors (Lipinski definition) is 5. The Morgan fingerprint density at radius 2 is 2.26 bits per heavy atom. The average molecular weight is 264 g/mol. The molecule has 0 aliphatic carbocycles. The number of amides is 1. The summed E-state index contributed by atoms with van der Waals surface area (Å²) in [6.45, 7) is 1.28. The number of likely N-dealkylation sites (tertiary alicyclic amines) is 1. The van der Waals surface area contributed by atoms with Crippen molar-refractivity contribution < 1.29 is 19.0 Å². The third-order valence-electron chi connectivity index (χ3n) is 3.63. The summed E-state index contributed by atoms with van der Waals surface area (Å²) < 4.78 is 15.7. The highest BCUT2D eigenvalue weighted by Gasteiger charge is 2.42. The topological polar surface area (TPSA) is 60.9 Å². The molecule has 2 unspecified atom stereocenters. The summed E-state index contributed by atoms with van der Waals surface area (Å²) in [5.74, 6) is 0.676. The molecule has 2 aliphatic heterocycles. The highest BCUT2D eigenvalue weighted by atomic mass is 16.5. The molecule has 0 spiro atoms. The summed E-state index contributed by atoms with van der Waals surface area (Å²) in [4.78, 5) is 18.5. The standard InChI is InChI=1S/C13H16N2O4/c1-17-11-4-3-10(12(14-11)18-2)13(16)15-6-9-5-8(15)7-19-9/h3-4,8-9H,5-7H2,1-2H3. The van der Waals surface area contributed by atoms with Gasteiger partial charge in [-0.05, 0) is 12.5 Å². The summed E-state index contributed by atoms with van der Waals surface area (Å²) >= 11 is 0. The van der Waals surface area contributed by atoms with Crippen molar-refractivity contribution in [3.63, 3.8) is 0 Å². The van der Waals surface area contributed by atoms with Gasteiger partial charge in [0.25, 0.3) is 5.91 Å². The van der Waals surface area contributed by atoms with E-state index in [4.69, 9.17) is 14.2 Å². The number of ether oxygens (including phenoxy) is 3. The Hall–Kier alpha value is -1.82. The van der Waals surface area contributed by atoms with Gasteiger partial charge in [0, 0.05) is 12.6 Å². The molecule has 1 aromatic rings. The van der Waals surface area contributed by atoms with Crippen molar-refractivity contribution in [3.05, 3.63) is 17.7 Å². The number of aromatic nitrogens is 1. The van der Waals surface area contributed by atoms with E-state index in [1.807, 2.05) is 4.90 Å². The first-order valence-corrected chi connectivity index (χ1v) is 6.24. The fraction of sp³-hybridized carbons (Fsp3) is 0.538. The normalized spacial score (nSPS) is 24.6. The first kappa shape index (κ1) is 12.2. The molecule has 19 heavy (non-hydrogen) atoms. The van der Waals surface area contributed by atoms with Crippen molar-refractivity contribution in [3.8, 4) is 11.8 Å². The van der Waals surface area contributed by atoms with Gasteiger partial charge < -0.3 is 19.1 Å². The predicted octanol–water partition coefficient (Wildman–Crippen LogP) is 0.712. The summed E-state index contributed by atoms with van der Waals surface area (Å²) in [6.07, 6.45) is 1.11. The van der Waals surface area contributed by atoms with Crippen LogP contribution in [0.5, 0.6) is 11.8 Å². The van der Waals surface area contributed by atoms with Crippen molar-refractivity contribution in [1.82, 2.24) is 9.88 Å². The first-order chi connectivity index (χ1) is 9.22. The maximum atomic E-state index is 12.5. The van der Waals surface area contributed by atoms with Gasteiger partial charge in [0.05, 0.1) is 33.0 Å². The molecule has 2 fully saturated rings. The predicted molar refractivity (Wildman–Crippen MR) is 66.5 cm³/mol. The van der Waals surface area contributed by atoms with Gasteiger partial charge in [0.15, 0.2) is 0 Å². The molecule has 6 heteroatoms. The number of fused-ring (bicyclic) bond motifs is 2. The van der Waals surface area contributed by atoms with Crippen LogP contribution in [0.4, 0.5) is 0 Å². The third kappa shape index (κ3) is 2.02. The van der Waals surface area contributed by atoms with Crippen LogP contribution in [0.15, 0.2) is 12.1 Å². The summed E-state index contributed by atoms with van der Waals surface area (Å²) in [5.41, 5.74) is 0.468. The van der Waals surface area contributed by atoms with Crippen molar-refractivity contribution in [2.24, 2.45) is 0 Å². The first-order valence-electron chi connectivity index (χ1n) is 6.24. The molecule has 1 aromatic heterocycles. The maximum Gasteiger partial charge on any atom is 0.259 e. The number of carbonyl (C=O) groups is 1. The molecule has 3 rings (SSSR count). The zero-order valence-electron chi connectivity index (χ0n) is 11.0. The van der Waals surface area contributed by atoms with Crippen LogP contribution in [-0.4, -0.2) is 55.3 Å². The molecule has 1 amide bonds. The van der Waals surface area contributed by atoms with Gasteiger partial charge in [-0.3, -0.25) is 4.79 Å². The highest BCUT2D eigenvalue weighted by Crippen LogP contribution is 2.31. The minimum atomic E-state index is -0.0530. The molecule has 6 nitrogen and oxygen atoms in total. The number of methoxy groups -OCH3 is 2. The minimum absolute atomic E-state index is 0.0530. The second-order valence-corrected chi connectivity index (χ2v) is 4.71. The van der Waals surface area contributed by atoms with Crippen molar-refractivity contribution in [2.75, 3.05) is 27.4 Å². The van der Waals surface area contributed by atoms with E-state index in [9.17, 15) is 4.79 Å². The smallest absolute Gasteiger partial charge is 0.259 e. The Kier molecular flexibility index (Phi) is 3.02. The number of hydrogen-bond donors (Lipinski definition) is 0. The molecule has 2 atom stereocenters. The van der Waals surface area contributed by atoms with Crippen LogP contribution < -0.4 is 9.47 Å². The lowest BCUT2D eigenvalue weighted by Gasteiger charge is -2.27. The van der Waals surface area contributed by atoms with E-state index >= 15 is 0 Å². The van der Waals surface area contributed by atoms with Crippen LogP contribution in [-0.2, 0) is 4.74 Å². The summed E-state index contributed by atoms with van der Waals surface area (Å²) in [6, 6.07) is 3.55. The highest BCUT2D eigenvalue weighted by molar-refractivity contribution is 5.97. The Bertz CT molecular complexity index is 505. The van der Waals surface area contributed by atoms with Gasteiger partial charge in [-0.15, -0.1) is 0 Å². The number of carbonyl (C=O) groups excluding carboxylic acids is 1. The van der Waals surface area contributed by atoms with Gasteiger partial charge >= 0.3 is 0 Å². The van der Waals surface area contributed by atoms with Crippen LogP contribution in [0.25, 0.3) is 0 Å². The van der Waals surface area contributed by atoms with E-state index in [1.54, 1.807) is 12.1 Å². The molecular weight excluding hydrogens is 248 g/mol. The molecular formula is C13H16N2O4. The molecule has 102 valence electrons. The van der Waals surface area contributed by atoms with E-state index in [0.717, 1.165) is 6.42 Å². The monoisotopic (exact) mass is 264 g/mol. The number of morpholine rings is 1. The number of nitrogens with zero attached hydrogens (tertiary/aromatic N) is 2. The van der Waals surface area contributed by atoms with Gasteiger partial charge in [-0.25, -0.2) is 0 Å². The van der Waals surface area contributed by atoms with E-state index in [-0.39, 0.29) is 18.1 Å². The Morgan fingerprint density at radius 3 is 2.84 bits per heavy atom. The lowest BCUT2D eigenvalue weighted by Crippen LogP contribution is -2.41. The lowest BCUT2D eigenvalue weighted by atomic mass is 10.2. The van der Waals surface area contributed by atoms with E-state index in [0.29, 0.717) is 30.5 Å². The Balaban J connectivity index is 1.87. The van der Waals surface area contributed by atoms with Gasteiger partial charge in [0.1, 0.15) is 5.56 Å². The fourth-order valence-electron chi connectivity index (χ4n) is 2.66. The van der Waals surface area contributed by atoms with Crippen LogP contribution in [0.1, 0.15) is 16.8 Å². The van der Waals surface area contributed by atoms with E-state index in [1.165, 1.54) is 14.2 Å². The fourth-order valence-corrected chi connectivity index (χ4v) is 2.66. The molecule has 2 aliphatic rings. The zero-order valence-corrected chi connectivity index (χ0v) is 11.0. The maximum absolute atomic E-state index is 12.5. The summed E-state index contributed by atoms with van der Waals surface area (Å²) in [7, 11) is 3.03. The van der Waals surface area contributed by atoms with Gasteiger partial charge in [-0.1, -0.05) is 0 Å². The summed E-state index contributed by atoms with van der Waals surface area (Å²) in [5, 5.41) is 0. The lowest BCUT2D eigenvalue weighted by molar-refractivity contribution is 0.0257. The van der Waals surface area contributed by atoms with Crippen molar-refractivity contribution in [2.45, 2.75) is 18.6 Å². The van der Waals surface area contributed by atoms with E-state index in [2.05, 4.69) is 4.98 Å². The van der Waals surface area contributed by atoms with Gasteiger partial charge in [-0.2, -0.15) is 4.98 Å². The molecule has 0 saturated carbocycles. The SMILES string of the molecule is COc1ccc(C(=O)N2CC3CC2CO3)c(OC)n1. The average Bonchev–Trinajstić information content (AvgIpc) is 3.08. The van der Waals surface area contributed by atoms with Gasteiger partial charge in [0.2, 0.25) is 11.8 Å². The van der Waals surface area contributed by atoms with Crippen LogP contribution in [0.3, 0.4) is 0 Å². The second kappa shape index (κ2) is 4.70. The largest absolute Gasteiger partial charge is 0.481 e. The van der Waals surface area contributed by atoms with Crippen LogP contribution in [0, 0.1) is 0 Å². The molecule has 0 radical (unpaired) electrons. The molecule has 0 N–H and O–H groups in total. The molecule has 2 bridgehead atoms. The van der Waals surface area contributed by atoms with Crippen LogP contribution >= 0.6 is 0 Å². The van der Waals surface area contributed by atoms with Crippen molar-refractivity contribution >= 4 is 5.91 Å². The molecule has 3 heterocycles. The Labute approximate surface area is 111 Å². The third-order valence-corrected chi connectivity index (χ3v) is 3.63. The quantitative estimate of drug-likeness (QED) is 0.804. The Morgan fingerprint density at radius 1 is 1.42 bits per heavy atom. The van der Waals surface area contributed by atoms with Crippen molar-refractivity contribution in [1.29, 1.82) is 0 Å². The minimum Gasteiger partial charge on any atom is -0.481 e. The van der Waals surface area contributed by atoms with E-state index < -0.39 is 0 Å². The second-order valence-electron chi connectivity index (χ2n) is 4.71. The number of rotatable bonds is 3. The van der Waals surface area contributed by atoms with Crippen LogP contribution in [0.2, 0.25) is 0 Å². The molecule has 2 saturated heterocycles. The molecule has 0 aromatic carbocycles. The number of pyridine rings is 1. The zero-order chi connectivity index (χ0) is 13.4.